The molecule has 0 aliphatic rings. The molecule has 3 aromatic rings. The minimum atomic E-state index is -3.63. The predicted octanol–water partition coefficient (Wildman–Crippen LogP) is 3.94. The average Bonchev–Trinajstić information content (AvgIpc) is 2.92. The molecule has 3 rings (SSSR count). The van der Waals surface area contributed by atoms with Gasteiger partial charge in [0.15, 0.2) is 0 Å². The summed E-state index contributed by atoms with van der Waals surface area (Å²) in [5, 5.41) is 2.71. The van der Waals surface area contributed by atoms with Gasteiger partial charge in [0.05, 0.1) is 19.1 Å². The van der Waals surface area contributed by atoms with Crippen molar-refractivity contribution in [3.8, 4) is 5.75 Å². The van der Waals surface area contributed by atoms with E-state index >= 15 is 0 Å². The molecular weight excluding hydrogens is 514 g/mol. The molecule has 0 radical (unpaired) electrons. The summed E-state index contributed by atoms with van der Waals surface area (Å²) in [5.74, 6) is -0.0565. The number of nitrogens with one attached hydrogen (secondary N) is 1. The quantitative estimate of drug-likeness (QED) is 0.347. The van der Waals surface area contributed by atoms with Crippen LogP contribution in [0.4, 0.5) is 5.69 Å². The van der Waals surface area contributed by atoms with E-state index in [1.807, 2.05) is 61.5 Å². The van der Waals surface area contributed by atoms with E-state index in [-0.39, 0.29) is 37.7 Å². The summed E-state index contributed by atoms with van der Waals surface area (Å²) in [5.41, 5.74) is 3.32. The number of amides is 2. The summed E-state index contributed by atoms with van der Waals surface area (Å²) < 4.78 is 31.9. The third-order valence-corrected chi connectivity index (χ3v) is 7.64. The van der Waals surface area contributed by atoms with Crippen LogP contribution >= 0.6 is 0 Å². The molecule has 39 heavy (non-hydrogen) atoms. The number of carbonyl (C=O) groups excluding carboxylic acids is 2. The Hall–Kier alpha value is -3.85. The highest BCUT2D eigenvalue weighted by Crippen LogP contribution is 2.30. The number of likely N-dealkylation sites (N-methyl/N-ethyl adjacent to an activating group) is 1. The standard InChI is InChI=1S/C30H37N3O5S/c1-23-12-10-15-25(20-23)22-32(27(30(35)31-2)21-24-13-6-5-7-14-24)29(34)18-11-19-33(39(4,36)37)26-16-8-9-17-28(26)38-3/h5-10,12-17,20,27H,11,18-19,21-22H2,1-4H3,(H,31,35). The largest absolute Gasteiger partial charge is 0.495 e. The predicted molar refractivity (Wildman–Crippen MR) is 154 cm³/mol. The first-order valence-corrected chi connectivity index (χ1v) is 14.7. The topological polar surface area (TPSA) is 96.0 Å². The lowest BCUT2D eigenvalue weighted by atomic mass is 10.0. The van der Waals surface area contributed by atoms with Crippen molar-refractivity contribution >= 4 is 27.5 Å². The van der Waals surface area contributed by atoms with Crippen LogP contribution in [-0.2, 0) is 32.6 Å². The Morgan fingerprint density at radius 1 is 0.949 bits per heavy atom. The Balaban J connectivity index is 1.86. The molecule has 0 bridgehead atoms. The highest BCUT2D eigenvalue weighted by atomic mass is 32.2. The molecule has 0 saturated heterocycles. The number of anilines is 1. The third kappa shape index (κ3) is 8.32. The van der Waals surface area contributed by atoms with Crippen molar-refractivity contribution in [1.82, 2.24) is 10.2 Å². The maximum atomic E-state index is 13.7. The highest BCUT2D eigenvalue weighted by molar-refractivity contribution is 7.92. The molecule has 1 N–H and O–H groups in total. The lowest BCUT2D eigenvalue weighted by molar-refractivity contribution is -0.141. The molecule has 0 fully saturated rings. The van der Waals surface area contributed by atoms with Crippen LogP contribution < -0.4 is 14.4 Å². The van der Waals surface area contributed by atoms with Crippen LogP contribution in [0.5, 0.6) is 5.75 Å². The number of nitrogens with zero attached hydrogens (tertiary/aromatic N) is 2. The fraction of sp³-hybridized carbons (Fsp3) is 0.333. The van der Waals surface area contributed by atoms with Gasteiger partial charge in [-0.3, -0.25) is 13.9 Å². The van der Waals surface area contributed by atoms with Crippen molar-refractivity contribution in [1.29, 1.82) is 0 Å². The second-order valence-electron chi connectivity index (χ2n) is 9.44. The SMILES string of the molecule is CNC(=O)C(Cc1ccccc1)N(Cc1cccc(C)c1)C(=O)CCCN(c1ccccc1OC)S(C)(=O)=O. The highest BCUT2D eigenvalue weighted by Gasteiger charge is 2.30. The van der Waals surface area contributed by atoms with Gasteiger partial charge in [-0.05, 0) is 36.6 Å². The molecular formula is C30H37N3O5S. The number of carbonyl (C=O) groups is 2. The molecule has 0 aliphatic heterocycles. The van der Waals surface area contributed by atoms with Gasteiger partial charge in [-0.2, -0.15) is 0 Å². The van der Waals surface area contributed by atoms with E-state index in [2.05, 4.69) is 5.32 Å². The fourth-order valence-corrected chi connectivity index (χ4v) is 5.51. The van der Waals surface area contributed by atoms with Gasteiger partial charge in [-0.15, -0.1) is 0 Å². The number of ether oxygens (including phenoxy) is 1. The van der Waals surface area contributed by atoms with E-state index in [0.717, 1.165) is 22.9 Å². The van der Waals surface area contributed by atoms with E-state index in [1.54, 1.807) is 36.2 Å². The second-order valence-corrected chi connectivity index (χ2v) is 11.3. The Bertz CT molecular complexity index is 1360. The number of sulfonamides is 1. The smallest absolute Gasteiger partial charge is 0.242 e. The molecule has 8 nitrogen and oxygen atoms in total. The number of hydrogen-bond acceptors (Lipinski definition) is 5. The molecule has 0 aliphatic carbocycles. The normalized spacial score (nSPS) is 11.9. The zero-order chi connectivity index (χ0) is 28.4. The molecule has 3 aromatic carbocycles. The summed E-state index contributed by atoms with van der Waals surface area (Å²) in [6.07, 6.45) is 1.82. The van der Waals surface area contributed by atoms with Gasteiger partial charge in [0, 0.05) is 33.0 Å². The van der Waals surface area contributed by atoms with Crippen molar-refractivity contribution in [2.24, 2.45) is 0 Å². The third-order valence-electron chi connectivity index (χ3n) is 6.46. The molecule has 9 heteroatoms. The Labute approximate surface area is 231 Å². The first-order valence-electron chi connectivity index (χ1n) is 12.8. The van der Waals surface area contributed by atoms with Crippen LogP contribution in [0.1, 0.15) is 29.5 Å². The molecule has 0 heterocycles. The van der Waals surface area contributed by atoms with Crippen LogP contribution in [-0.4, -0.2) is 58.1 Å². The van der Waals surface area contributed by atoms with Gasteiger partial charge in [-0.25, -0.2) is 8.42 Å². The summed E-state index contributed by atoms with van der Waals surface area (Å²) in [6, 6.07) is 23.6. The van der Waals surface area contributed by atoms with E-state index < -0.39 is 16.1 Å². The number of hydrogen-bond donors (Lipinski definition) is 1. The first-order chi connectivity index (χ1) is 18.6. The first kappa shape index (κ1) is 29.7. The molecule has 2 amide bonds. The molecule has 0 aromatic heterocycles. The summed E-state index contributed by atoms with van der Waals surface area (Å²) in [6.45, 7) is 2.33. The van der Waals surface area contributed by atoms with Crippen molar-refractivity contribution in [3.63, 3.8) is 0 Å². The minimum Gasteiger partial charge on any atom is -0.495 e. The van der Waals surface area contributed by atoms with Crippen LogP contribution in [0.2, 0.25) is 0 Å². The van der Waals surface area contributed by atoms with E-state index in [1.165, 1.54) is 11.4 Å². The van der Waals surface area contributed by atoms with Gasteiger partial charge in [-0.1, -0.05) is 72.3 Å². The van der Waals surface area contributed by atoms with Crippen LogP contribution in [0.3, 0.4) is 0 Å². The number of para-hydroxylation sites is 2. The summed E-state index contributed by atoms with van der Waals surface area (Å²) in [4.78, 5) is 28.4. The maximum absolute atomic E-state index is 13.7. The molecule has 1 atom stereocenters. The van der Waals surface area contributed by atoms with Gasteiger partial charge in [0.2, 0.25) is 21.8 Å². The van der Waals surface area contributed by atoms with Gasteiger partial charge >= 0.3 is 0 Å². The van der Waals surface area contributed by atoms with Crippen molar-refractivity contribution in [2.75, 3.05) is 31.3 Å². The van der Waals surface area contributed by atoms with Crippen LogP contribution in [0, 0.1) is 6.92 Å². The molecule has 208 valence electrons. The minimum absolute atomic E-state index is 0.0648. The molecule has 1 unspecified atom stereocenters. The van der Waals surface area contributed by atoms with Gasteiger partial charge < -0.3 is 15.0 Å². The number of benzene rings is 3. The van der Waals surface area contributed by atoms with Crippen molar-refractivity contribution in [2.45, 2.75) is 38.8 Å². The Kier molecular flexibility index (Phi) is 10.5. The molecule has 0 spiro atoms. The monoisotopic (exact) mass is 551 g/mol. The zero-order valence-electron chi connectivity index (χ0n) is 23.0. The summed E-state index contributed by atoms with van der Waals surface area (Å²) >= 11 is 0. The zero-order valence-corrected chi connectivity index (χ0v) is 23.8. The molecule has 0 saturated carbocycles. The van der Waals surface area contributed by atoms with E-state index in [9.17, 15) is 18.0 Å². The van der Waals surface area contributed by atoms with Crippen LogP contribution in [0.25, 0.3) is 0 Å². The lowest BCUT2D eigenvalue weighted by Crippen LogP contribution is -2.49. The maximum Gasteiger partial charge on any atom is 0.242 e. The Morgan fingerprint density at radius 2 is 1.62 bits per heavy atom. The summed E-state index contributed by atoms with van der Waals surface area (Å²) in [7, 11) is -0.586. The van der Waals surface area contributed by atoms with Crippen molar-refractivity contribution in [3.05, 3.63) is 95.6 Å². The second kappa shape index (κ2) is 13.8. The Morgan fingerprint density at radius 3 is 2.26 bits per heavy atom. The lowest BCUT2D eigenvalue weighted by Gasteiger charge is -2.32. The average molecular weight is 552 g/mol. The fourth-order valence-electron chi connectivity index (χ4n) is 4.55. The van der Waals surface area contributed by atoms with E-state index in [0.29, 0.717) is 17.9 Å². The van der Waals surface area contributed by atoms with Gasteiger partial charge in [0.1, 0.15) is 11.8 Å². The van der Waals surface area contributed by atoms with Crippen LogP contribution in [0.15, 0.2) is 78.9 Å². The number of rotatable bonds is 13. The number of methoxy groups -OCH3 is 1. The number of aryl methyl sites for hydroxylation is 1. The van der Waals surface area contributed by atoms with E-state index in [4.69, 9.17) is 4.74 Å². The van der Waals surface area contributed by atoms with Gasteiger partial charge in [0.25, 0.3) is 0 Å². The van der Waals surface area contributed by atoms with Crippen molar-refractivity contribution < 1.29 is 22.7 Å².